The molecule has 1 aliphatic carbocycles. The zero-order chi connectivity index (χ0) is 27.4. The highest BCUT2D eigenvalue weighted by Crippen LogP contribution is 2.28. The van der Waals surface area contributed by atoms with E-state index in [0.29, 0.717) is 19.3 Å². The normalized spacial score (nSPS) is 18.3. The molecule has 13 heteroatoms. The second kappa shape index (κ2) is 15.2. The van der Waals surface area contributed by atoms with Crippen molar-refractivity contribution in [1.29, 1.82) is 5.26 Å². The molecule has 0 bridgehead atoms. The molecule has 1 aliphatic rings. The molecule has 1 aromatic rings. The van der Waals surface area contributed by atoms with E-state index in [4.69, 9.17) is 5.26 Å². The van der Waals surface area contributed by atoms with Gasteiger partial charge in [0.2, 0.25) is 0 Å². The van der Waals surface area contributed by atoms with Gasteiger partial charge in [-0.15, -0.1) is 0 Å². The third kappa shape index (κ3) is 10.8. The molecule has 0 heterocycles. The van der Waals surface area contributed by atoms with Crippen LogP contribution in [0.15, 0.2) is 29.2 Å². The van der Waals surface area contributed by atoms with Crippen molar-refractivity contribution in [2.24, 2.45) is 0 Å². The van der Waals surface area contributed by atoms with Crippen molar-refractivity contribution in [2.75, 3.05) is 32.7 Å². The molecule has 0 amide bonds. The smallest absolute Gasteiger partial charge is 0.317 e. The third-order valence-electron chi connectivity index (χ3n) is 6.21. The van der Waals surface area contributed by atoms with Crippen LogP contribution >= 0.6 is 11.8 Å². The number of nitriles is 1. The number of aliphatic carboxylic acids is 4. The molecule has 0 unspecified atom stereocenters. The van der Waals surface area contributed by atoms with Crippen molar-refractivity contribution in [1.82, 2.24) is 15.1 Å². The van der Waals surface area contributed by atoms with E-state index in [2.05, 4.69) is 5.32 Å². The Hall–Kier alpha value is -3.18. The first-order valence-corrected chi connectivity index (χ1v) is 12.6. The van der Waals surface area contributed by atoms with Gasteiger partial charge in [-0.25, -0.2) is 0 Å². The summed E-state index contributed by atoms with van der Waals surface area (Å²) < 4.78 is 0. The molecule has 37 heavy (non-hydrogen) atoms. The lowest BCUT2D eigenvalue weighted by atomic mass is 9.87. The first-order valence-electron chi connectivity index (χ1n) is 11.8. The second-order valence-electron chi connectivity index (χ2n) is 8.95. The number of thiocyanates is 1. The van der Waals surface area contributed by atoms with Gasteiger partial charge in [-0.2, -0.15) is 5.26 Å². The maximum absolute atomic E-state index is 11.8. The van der Waals surface area contributed by atoms with Crippen molar-refractivity contribution < 1.29 is 39.6 Å². The summed E-state index contributed by atoms with van der Waals surface area (Å²) in [5.41, 5.74) is 0.860. The van der Waals surface area contributed by atoms with Gasteiger partial charge >= 0.3 is 23.9 Å². The number of carbonyl (C=O) groups is 4. The standard InChI is InChI=1S/C24H32N4O8S/c25-15-37-18-7-5-16(6-8-18)9-17(26-10-21(29)30)11-27(12-22(31)32)19-3-1-2-4-20(19)28(13-23(33)34)14-24(35)36/h5-8,17,19-20,26H,1-4,9-14H2,(H,29,30)(H,31,32)(H,33,34)(H,35,36)/t17-,19+,20+/m1/s1. The molecule has 12 nitrogen and oxygen atoms in total. The highest BCUT2D eigenvalue weighted by atomic mass is 32.2. The minimum Gasteiger partial charge on any atom is -0.480 e. The Labute approximate surface area is 218 Å². The van der Waals surface area contributed by atoms with E-state index in [1.54, 1.807) is 17.0 Å². The number of nitrogens with zero attached hydrogens (tertiary/aromatic N) is 3. The Morgan fingerprint density at radius 3 is 1.89 bits per heavy atom. The van der Waals surface area contributed by atoms with Gasteiger partial charge in [0.15, 0.2) is 0 Å². The average molecular weight is 537 g/mol. The largest absolute Gasteiger partial charge is 0.480 e. The van der Waals surface area contributed by atoms with Crippen LogP contribution < -0.4 is 5.32 Å². The van der Waals surface area contributed by atoms with E-state index < -0.39 is 55.1 Å². The molecule has 1 fully saturated rings. The Morgan fingerprint density at radius 2 is 1.41 bits per heavy atom. The van der Waals surface area contributed by atoms with E-state index in [0.717, 1.165) is 35.1 Å². The van der Waals surface area contributed by atoms with Gasteiger partial charge in [0.25, 0.3) is 0 Å². The number of rotatable bonds is 16. The van der Waals surface area contributed by atoms with Crippen molar-refractivity contribution in [2.45, 2.75) is 55.1 Å². The number of carboxylic acid groups (broad SMARTS) is 4. The predicted octanol–water partition coefficient (Wildman–Crippen LogP) is 1.01. The van der Waals surface area contributed by atoms with E-state index in [-0.39, 0.29) is 19.6 Å². The Bertz CT molecular complexity index is 968. The lowest BCUT2D eigenvalue weighted by molar-refractivity contribution is -0.146. The van der Waals surface area contributed by atoms with E-state index in [1.807, 2.05) is 17.5 Å². The zero-order valence-corrected chi connectivity index (χ0v) is 21.1. The third-order valence-corrected chi connectivity index (χ3v) is 6.81. The van der Waals surface area contributed by atoms with Crippen LogP contribution in [-0.2, 0) is 25.6 Å². The minimum absolute atomic E-state index is 0.156. The molecular weight excluding hydrogens is 504 g/mol. The maximum Gasteiger partial charge on any atom is 0.317 e. The van der Waals surface area contributed by atoms with Crippen LogP contribution in [-0.4, -0.2) is 105 Å². The molecule has 1 aromatic carbocycles. The molecule has 0 saturated heterocycles. The molecular formula is C24H32N4O8S. The monoisotopic (exact) mass is 536 g/mol. The van der Waals surface area contributed by atoms with E-state index in [1.165, 1.54) is 4.90 Å². The molecule has 0 spiro atoms. The van der Waals surface area contributed by atoms with Crippen molar-refractivity contribution in [3.05, 3.63) is 29.8 Å². The summed E-state index contributed by atoms with van der Waals surface area (Å²) >= 11 is 1.01. The van der Waals surface area contributed by atoms with Crippen molar-refractivity contribution in [3.63, 3.8) is 0 Å². The van der Waals surface area contributed by atoms with Crippen molar-refractivity contribution >= 4 is 35.6 Å². The minimum atomic E-state index is -1.17. The molecule has 2 rings (SSSR count). The fourth-order valence-corrected chi connectivity index (χ4v) is 5.20. The van der Waals surface area contributed by atoms with Gasteiger partial charge in [-0.3, -0.25) is 29.0 Å². The van der Waals surface area contributed by atoms with Crippen LogP contribution in [0.4, 0.5) is 0 Å². The second-order valence-corrected chi connectivity index (χ2v) is 9.81. The van der Waals surface area contributed by atoms with Gasteiger partial charge in [-0.05, 0) is 48.7 Å². The highest BCUT2D eigenvalue weighted by Gasteiger charge is 2.37. The van der Waals surface area contributed by atoms with Crippen molar-refractivity contribution in [3.8, 4) is 5.40 Å². The quantitative estimate of drug-likeness (QED) is 0.149. The molecule has 3 atom stereocenters. The molecule has 1 saturated carbocycles. The molecule has 0 aliphatic heterocycles. The van der Waals surface area contributed by atoms with Gasteiger partial charge in [0.05, 0.1) is 26.2 Å². The number of hydrogen-bond donors (Lipinski definition) is 5. The summed E-state index contributed by atoms with van der Waals surface area (Å²) in [6.07, 6.45) is 2.99. The number of nitrogens with one attached hydrogen (secondary N) is 1. The fourth-order valence-electron chi connectivity index (χ4n) is 4.82. The van der Waals surface area contributed by atoms with Crippen LogP contribution in [0.2, 0.25) is 0 Å². The SMILES string of the molecule is N#CSc1ccc(C[C@H](CN(CC(=O)O)[C@H]2CCCC[C@@H]2N(CC(=O)O)CC(=O)O)NCC(=O)O)cc1. The number of thioether (sulfide) groups is 1. The summed E-state index contributed by atoms with van der Waals surface area (Å²) in [7, 11) is 0. The van der Waals surface area contributed by atoms with Crippen LogP contribution in [0.1, 0.15) is 31.2 Å². The number of hydrogen-bond acceptors (Lipinski definition) is 9. The average Bonchev–Trinajstić information content (AvgIpc) is 2.82. The molecule has 5 N–H and O–H groups in total. The highest BCUT2D eigenvalue weighted by molar-refractivity contribution is 8.03. The first-order chi connectivity index (χ1) is 17.6. The Morgan fingerprint density at radius 1 is 0.892 bits per heavy atom. The lowest BCUT2D eigenvalue weighted by Gasteiger charge is -2.44. The number of carboxylic acids is 4. The first kappa shape index (κ1) is 30.0. The zero-order valence-electron chi connectivity index (χ0n) is 20.3. The van der Waals surface area contributed by atoms with Crippen LogP contribution in [0, 0.1) is 10.7 Å². The van der Waals surface area contributed by atoms with E-state index >= 15 is 0 Å². The molecule has 0 aromatic heterocycles. The predicted molar refractivity (Wildman–Crippen MR) is 133 cm³/mol. The van der Waals surface area contributed by atoms with Gasteiger partial charge in [0, 0.05) is 29.6 Å². The summed E-state index contributed by atoms with van der Waals surface area (Å²) in [5.74, 6) is -4.51. The van der Waals surface area contributed by atoms with Crippen LogP contribution in [0.25, 0.3) is 0 Å². The Kier molecular flexibility index (Phi) is 12.3. The maximum atomic E-state index is 11.8. The lowest BCUT2D eigenvalue weighted by Crippen LogP contribution is -2.59. The van der Waals surface area contributed by atoms with Crippen LogP contribution in [0.3, 0.4) is 0 Å². The summed E-state index contributed by atoms with van der Waals surface area (Å²) in [6, 6.07) is 5.83. The Balaban J connectivity index is 2.31. The van der Waals surface area contributed by atoms with E-state index in [9.17, 15) is 39.6 Å². The topological polar surface area (TPSA) is 191 Å². The molecule has 202 valence electrons. The van der Waals surface area contributed by atoms with Gasteiger partial charge < -0.3 is 25.7 Å². The van der Waals surface area contributed by atoms with Gasteiger partial charge in [-0.1, -0.05) is 25.0 Å². The molecule has 0 radical (unpaired) electrons. The summed E-state index contributed by atoms with van der Waals surface area (Å²) in [5, 5.41) is 51.4. The van der Waals surface area contributed by atoms with Crippen LogP contribution in [0.5, 0.6) is 0 Å². The summed E-state index contributed by atoms with van der Waals surface area (Å²) in [6.45, 7) is -1.52. The summed E-state index contributed by atoms with van der Waals surface area (Å²) in [4.78, 5) is 49.8. The van der Waals surface area contributed by atoms with Gasteiger partial charge in [0.1, 0.15) is 5.40 Å². The fraction of sp³-hybridized carbons (Fsp3) is 0.542. The number of benzene rings is 1.